The first kappa shape index (κ1) is 32.9. The fraction of sp³-hybridized carbons (Fsp3) is 1.00. The molecule has 1 aliphatic rings. The summed E-state index contributed by atoms with van der Waals surface area (Å²) < 4.78 is 0. The van der Waals surface area contributed by atoms with Gasteiger partial charge in [-0.2, -0.15) is 0 Å². The molecule has 1 rings (SSSR count). The minimum Gasteiger partial charge on any atom is -0.314 e. The minimum absolute atomic E-state index is 0.786. The highest BCUT2D eigenvalue weighted by molar-refractivity contribution is 4.73. The molecule has 1 saturated heterocycles. The fourth-order valence-electron chi connectivity index (χ4n) is 5.99. The Kier molecular flexibility index (Phi) is 24.1. The maximum Gasteiger partial charge on any atom is 0.00670 e. The maximum absolute atomic E-state index is 3.97. The molecule has 0 unspecified atom stereocenters. The summed E-state index contributed by atoms with van der Waals surface area (Å²) in [6, 6.07) is 0.786. The highest BCUT2D eigenvalue weighted by atomic mass is 15.1. The van der Waals surface area contributed by atoms with Gasteiger partial charge in [0.05, 0.1) is 0 Å². The summed E-state index contributed by atoms with van der Waals surface area (Å²) >= 11 is 0. The van der Waals surface area contributed by atoms with Crippen molar-refractivity contribution in [2.24, 2.45) is 5.92 Å². The molecule has 0 aliphatic carbocycles. The summed E-state index contributed by atoms with van der Waals surface area (Å²) in [5.41, 5.74) is 0. The van der Waals surface area contributed by atoms with Gasteiger partial charge in [-0.15, -0.1) is 0 Å². The third-order valence-corrected chi connectivity index (χ3v) is 8.57. The van der Waals surface area contributed by atoms with Gasteiger partial charge in [-0.1, -0.05) is 136 Å². The van der Waals surface area contributed by atoms with E-state index in [1.54, 1.807) is 0 Å². The van der Waals surface area contributed by atoms with E-state index in [4.69, 9.17) is 0 Å². The fourth-order valence-corrected chi connectivity index (χ4v) is 5.99. The van der Waals surface area contributed by atoms with Gasteiger partial charge >= 0.3 is 0 Å². The van der Waals surface area contributed by atoms with Crippen molar-refractivity contribution in [1.29, 1.82) is 0 Å². The van der Waals surface area contributed by atoms with Gasteiger partial charge in [-0.3, -0.25) is 0 Å². The van der Waals surface area contributed by atoms with Gasteiger partial charge in [0, 0.05) is 6.04 Å². The van der Waals surface area contributed by atoms with Crippen molar-refractivity contribution in [2.75, 3.05) is 26.2 Å². The molecule has 0 amide bonds. The maximum atomic E-state index is 3.97. The molecule has 2 nitrogen and oxygen atoms in total. The first-order valence-electron chi connectivity index (χ1n) is 16.8. The predicted octanol–water partition coefficient (Wildman–Crippen LogP) is 10.3. The van der Waals surface area contributed by atoms with Crippen LogP contribution in [0.5, 0.6) is 0 Å². The van der Waals surface area contributed by atoms with Gasteiger partial charge in [0.15, 0.2) is 0 Å². The van der Waals surface area contributed by atoms with Crippen LogP contribution in [-0.2, 0) is 0 Å². The van der Waals surface area contributed by atoms with Crippen molar-refractivity contribution < 1.29 is 0 Å². The molecule has 0 aromatic carbocycles. The number of likely N-dealkylation sites (tertiary alicyclic amines) is 1. The second-order valence-corrected chi connectivity index (χ2v) is 12.0. The molecule has 0 saturated carbocycles. The lowest BCUT2D eigenvalue weighted by atomic mass is 9.91. The van der Waals surface area contributed by atoms with Gasteiger partial charge in [0.25, 0.3) is 0 Å². The smallest absolute Gasteiger partial charge is 0.00670 e. The SMILES string of the molecule is CCCCCCCCN1CCC(CCCCCNC(CCCCCCC)CCCCCCC)CC1. The summed E-state index contributed by atoms with van der Waals surface area (Å²) in [5, 5.41) is 3.97. The number of unbranched alkanes of at least 4 members (excludes halogenated alkanes) is 15. The van der Waals surface area contributed by atoms with E-state index in [0.29, 0.717) is 0 Å². The van der Waals surface area contributed by atoms with Crippen molar-refractivity contribution in [2.45, 2.75) is 181 Å². The predicted molar refractivity (Wildman–Crippen MR) is 160 cm³/mol. The summed E-state index contributed by atoms with van der Waals surface area (Å²) in [6.45, 7) is 12.3. The van der Waals surface area contributed by atoms with E-state index >= 15 is 0 Å². The van der Waals surface area contributed by atoms with E-state index in [2.05, 4.69) is 31.0 Å². The van der Waals surface area contributed by atoms with Gasteiger partial charge in [0.2, 0.25) is 0 Å². The zero-order valence-corrected chi connectivity index (χ0v) is 24.9. The van der Waals surface area contributed by atoms with E-state index < -0.39 is 0 Å². The van der Waals surface area contributed by atoms with Gasteiger partial charge in [-0.25, -0.2) is 0 Å². The van der Waals surface area contributed by atoms with E-state index in [9.17, 15) is 0 Å². The van der Waals surface area contributed by atoms with E-state index in [0.717, 1.165) is 12.0 Å². The zero-order valence-electron chi connectivity index (χ0n) is 24.9. The molecule has 1 heterocycles. The summed E-state index contributed by atoms with van der Waals surface area (Å²) in [4.78, 5) is 2.75. The molecule has 0 bridgehead atoms. The summed E-state index contributed by atoms with van der Waals surface area (Å²) in [5.74, 6) is 1.02. The molecule has 35 heavy (non-hydrogen) atoms. The third kappa shape index (κ3) is 20.6. The molecule has 0 atom stereocenters. The van der Waals surface area contributed by atoms with Crippen molar-refractivity contribution in [3.63, 3.8) is 0 Å². The van der Waals surface area contributed by atoms with Crippen molar-refractivity contribution >= 4 is 0 Å². The number of hydrogen-bond acceptors (Lipinski definition) is 2. The molecular formula is C33H68N2. The summed E-state index contributed by atoms with van der Waals surface area (Å²) in [7, 11) is 0. The van der Waals surface area contributed by atoms with Crippen LogP contribution in [0.15, 0.2) is 0 Å². The van der Waals surface area contributed by atoms with E-state index in [1.165, 1.54) is 180 Å². The Hall–Kier alpha value is -0.0800. The number of piperidine rings is 1. The molecule has 1 fully saturated rings. The van der Waals surface area contributed by atoms with E-state index in [1.807, 2.05) is 0 Å². The molecule has 0 radical (unpaired) electrons. The molecule has 0 aromatic rings. The monoisotopic (exact) mass is 493 g/mol. The molecule has 1 N–H and O–H groups in total. The van der Waals surface area contributed by atoms with Gasteiger partial charge < -0.3 is 10.2 Å². The van der Waals surface area contributed by atoms with Crippen molar-refractivity contribution in [3.8, 4) is 0 Å². The Balaban J connectivity index is 2.04. The van der Waals surface area contributed by atoms with Crippen LogP contribution in [0.1, 0.15) is 175 Å². The second kappa shape index (κ2) is 25.6. The molecule has 2 heteroatoms. The number of nitrogens with one attached hydrogen (secondary N) is 1. The summed E-state index contributed by atoms with van der Waals surface area (Å²) in [6.07, 6.45) is 34.3. The van der Waals surface area contributed by atoms with Gasteiger partial charge in [0.1, 0.15) is 0 Å². The minimum atomic E-state index is 0.786. The van der Waals surface area contributed by atoms with Crippen LogP contribution >= 0.6 is 0 Å². The molecule has 210 valence electrons. The Morgan fingerprint density at radius 2 is 1.06 bits per heavy atom. The average molecular weight is 493 g/mol. The van der Waals surface area contributed by atoms with Crippen LogP contribution in [-0.4, -0.2) is 37.1 Å². The second-order valence-electron chi connectivity index (χ2n) is 12.0. The Morgan fingerprint density at radius 1 is 0.571 bits per heavy atom. The topological polar surface area (TPSA) is 15.3 Å². The number of hydrogen-bond donors (Lipinski definition) is 1. The van der Waals surface area contributed by atoms with Crippen LogP contribution < -0.4 is 5.32 Å². The van der Waals surface area contributed by atoms with E-state index in [-0.39, 0.29) is 0 Å². The lowest BCUT2D eigenvalue weighted by Crippen LogP contribution is -2.34. The van der Waals surface area contributed by atoms with Gasteiger partial charge in [-0.05, 0) is 70.6 Å². The lowest BCUT2D eigenvalue weighted by Gasteiger charge is -2.32. The van der Waals surface area contributed by atoms with Crippen LogP contribution in [0.2, 0.25) is 0 Å². The lowest BCUT2D eigenvalue weighted by molar-refractivity contribution is 0.174. The molecule has 0 aromatic heterocycles. The Labute approximate surface area is 223 Å². The van der Waals surface area contributed by atoms with Crippen LogP contribution in [0.3, 0.4) is 0 Å². The third-order valence-electron chi connectivity index (χ3n) is 8.57. The highest BCUT2D eigenvalue weighted by Gasteiger charge is 2.18. The Bertz CT molecular complexity index is 388. The first-order valence-corrected chi connectivity index (χ1v) is 16.8. The molecule has 0 spiro atoms. The average Bonchev–Trinajstić information content (AvgIpc) is 2.88. The molecular weight excluding hydrogens is 424 g/mol. The largest absolute Gasteiger partial charge is 0.314 e. The first-order chi connectivity index (χ1) is 17.3. The highest BCUT2D eigenvalue weighted by Crippen LogP contribution is 2.23. The van der Waals surface area contributed by atoms with Crippen LogP contribution in [0.4, 0.5) is 0 Å². The number of nitrogens with zero attached hydrogens (tertiary/aromatic N) is 1. The van der Waals surface area contributed by atoms with Crippen molar-refractivity contribution in [1.82, 2.24) is 10.2 Å². The van der Waals surface area contributed by atoms with Crippen molar-refractivity contribution in [3.05, 3.63) is 0 Å². The number of rotatable bonds is 26. The zero-order chi connectivity index (χ0) is 25.2. The van der Waals surface area contributed by atoms with Crippen LogP contribution in [0, 0.1) is 5.92 Å². The normalized spacial score (nSPS) is 15.4. The van der Waals surface area contributed by atoms with Crippen LogP contribution in [0.25, 0.3) is 0 Å². The standard InChI is InChI=1S/C33H68N2/c1-4-7-10-13-16-22-29-35-30-26-32(27-31-35)23-18-17-21-28-34-33(24-19-14-11-8-5-2)25-20-15-12-9-6-3/h32-34H,4-31H2,1-3H3. The Morgan fingerprint density at radius 3 is 1.63 bits per heavy atom. The quantitative estimate of drug-likeness (QED) is 0.121. The molecule has 1 aliphatic heterocycles.